The number of rotatable bonds is 5. The molecule has 0 aliphatic heterocycles. The van der Waals surface area contributed by atoms with Crippen molar-refractivity contribution in [1.82, 2.24) is 9.97 Å². The van der Waals surface area contributed by atoms with Crippen molar-refractivity contribution in [2.24, 2.45) is 11.8 Å². The zero-order valence-electron chi connectivity index (χ0n) is 17.1. The molecule has 1 fully saturated rings. The van der Waals surface area contributed by atoms with Gasteiger partial charge in [-0.15, -0.1) is 0 Å². The fourth-order valence-corrected chi connectivity index (χ4v) is 4.58. The van der Waals surface area contributed by atoms with Gasteiger partial charge in [-0.1, -0.05) is 70.2 Å². The standard InChI is InChI=1S/C24H31N3O/c1-16(2)14-22(28)27-24-21(15-17-8-4-3-5-9-17)25-23-19-11-7-6-10-18(19)12-13-20(23)26-24/h6-7,10-11,16-17H,3-5,8-9,12-15H2,1-2H3,(H,26,27,28). The Labute approximate surface area is 168 Å². The van der Waals surface area contributed by atoms with Gasteiger partial charge in [0.25, 0.3) is 0 Å². The predicted octanol–water partition coefficient (Wildman–Crippen LogP) is 5.35. The first-order chi connectivity index (χ1) is 13.6. The van der Waals surface area contributed by atoms with Crippen LogP contribution in [0.15, 0.2) is 24.3 Å². The molecule has 1 aromatic carbocycles. The first-order valence-electron chi connectivity index (χ1n) is 10.9. The molecule has 0 saturated heterocycles. The van der Waals surface area contributed by atoms with Crippen LogP contribution in [0.3, 0.4) is 0 Å². The Morgan fingerprint density at radius 2 is 1.89 bits per heavy atom. The summed E-state index contributed by atoms with van der Waals surface area (Å²) in [5, 5.41) is 3.09. The van der Waals surface area contributed by atoms with Crippen molar-refractivity contribution >= 4 is 11.7 Å². The third kappa shape index (κ3) is 4.26. The minimum atomic E-state index is 0.0466. The fraction of sp³-hybridized carbons (Fsp3) is 0.542. The van der Waals surface area contributed by atoms with E-state index >= 15 is 0 Å². The average Bonchev–Trinajstić information content (AvgIpc) is 2.68. The van der Waals surface area contributed by atoms with E-state index in [1.54, 1.807) is 0 Å². The molecule has 2 aliphatic rings. The summed E-state index contributed by atoms with van der Waals surface area (Å²) in [6, 6.07) is 8.53. The zero-order valence-corrected chi connectivity index (χ0v) is 17.1. The van der Waals surface area contributed by atoms with Crippen molar-refractivity contribution in [3.63, 3.8) is 0 Å². The molecular weight excluding hydrogens is 346 g/mol. The molecule has 1 N–H and O–H groups in total. The van der Waals surface area contributed by atoms with E-state index in [0.717, 1.165) is 36.3 Å². The van der Waals surface area contributed by atoms with Crippen molar-refractivity contribution in [3.05, 3.63) is 41.2 Å². The molecule has 2 aliphatic carbocycles. The smallest absolute Gasteiger partial charge is 0.225 e. The lowest BCUT2D eigenvalue weighted by molar-refractivity contribution is -0.116. The molecule has 1 heterocycles. The highest BCUT2D eigenvalue weighted by molar-refractivity contribution is 5.90. The highest BCUT2D eigenvalue weighted by Crippen LogP contribution is 2.34. The van der Waals surface area contributed by atoms with Gasteiger partial charge in [0, 0.05) is 12.0 Å². The number of nitrogens with one attached hydrogen (secondary N) is 1. The van der Waals surface area contributed by atoms with Gasteiger partial charge < -0.3 is 5.32 Å². The van der Waals surface area contributed by atoms with Crippen LogP contribution >= 0.6 is 0 Å². The minimum Gasteiger partial charge on any atom is -0.309 e. The molecule has 1 amide bonds. The maximum atomic E-state index is 12.5. The number of aromatic nitrogens is 2. The molecule has 4 heteroatoms. The van der Waals surface area contributed by atoms with E-state index in [1.807, 2.05) is 0 Å². The van der Waals surface area contributed by atoms with Gasteiger partial charge in [0.15, 0.2) is 5.82 Å². The first-order valence-corrected chi connectivity index (χ1v) is 10.9. The fourth-order valence-electron chi connectivity index (χ4n) is 4.58. The summed E-state index contributed by atoms with van der Waals surface area (Å²) < 4.78 is 0. The lowest BCUT2D eigenvalue weighted by atomic mass is 9.85. The van der Waals surface area contributed by atoms with Crippen LogP contribution in [0.2, 0.25) is 0 Å². The zero-order chi connectivity index (χ0) is 19.5. The molecule has 2 aromatic rings. The highest BCUT2D eigenvalue weighted by Gasteiger charge is 2.24. The summed E-state index contributed by atoms with van der Waals surface area (Å²) in [6.45, 7) is 4.13. The summed E-state index contributed by atoms with van der Waals surface area (Å²) in [5.74, 6) is 1.74. The van der Waals surface area contributed by atoms with Crippen LogP contribution in [0.5, 0.6) is 0 Å². The molecule has 1 saturated carbocycles. The maximum absolute atomic E-state index is 12.5. The summed E-state index contributed by atoms with van der Waals surface area (Å²) in [7, 11) is 0. The molecule has 4 nitrogen and oxygen atoms in total. The number of aryl methyl sites for hydroxylation is 2. The van der Waals surface area contributed by atoms with Gasteiger partial charge >= 0.3 is 0 Å². The Balaban J connectivity index is 1.69. The minimum absolute atomic E-state index is 0.0466. The van der Waals surface area contributed by atoms with Crippen LogP contribution in [-0.2, 0) is 24.1 Å². The molecule has 0 spiro atoms. The summed E-state index contributed by atoms with van der Waals surface area (Å²) in [4.78, 5) is 22.5. The Bertz CT molecular complexity index is 853. The molecule has 28 heavy (non-hydrogen) atoms. The first kappa shape index (κ1) is 19.1. The van der Waals surface area contributed by atoms with Crippen LogP contribution < -0.4 is 5.32 Å². The quantitative estimate of drug-likeness (QED) is 0.764. The maximum Gasteiger partial charge on any atom is 0.225 e. The summed E-state index contributed by atoms with van der Waals surface area (Å²) >= 11 is 0. The van der Waals surface area contributed by atoms with E-state index in [2.05, 4.69) is 43.4 Å². The molecule has 0 atom stereocenters. The monoisotopic (exact) mass is 377 g/mol. The third-order valence-electron chi connectivity index (χ3n) is 6.00. The lowest BCUT2D eigenvalue weighted by Crippen LogP contribution is -2.21. The number of hydrogen-bond donors (Lipinski definition) is 1. The SMILES string of the molecule is CC(C)CC(=O)Nc1nc2c(nc1CC1CCCCC1)-c1ccccc1CC2. The lowest BCUT2D eigenvalue weighted by Gasteiger charge is -2.24. The van der Waals surface area contributed by atoms with Crippen molar-refractivity contribution in [2.75, 3.05) is 5.32 Å². The molecule has 0 radical (unpaired) electrons. The number of carbonyl (C=O) groups is 1. The number of carbonyl (C=O) groups excluding carboxylic acids is 1. The van der Waals surface area contributed by atoms with Crippen molar-refractivity contribution in [1.29, 1.82) is 0 Å². The number of nitrogens with zero attached hydrogens (tertiary/aromatic N) is 2. The molecule has 0 unspecified atom stereocenters. The van der Waals surface area contributed by atoms with Crippen LogP contribution in [0.1, 0.15) is 69.3 Å². The van der Waals surface area contributed by atoms with Gasteiger partial charge in [-0.25, -0.2) is 9.97 Å². The van der Waals surface area contributed by atoms with Crippen molar-refractivity contribution in [3.8, 4) is 11.3 Å². The summed E-state index contributed by atoms with van der Waals surface area (Å²) in [5.41, 5.74) is 5.57. The van der Waals surface area contributed by atoms with Gasteiger partial charge in [-0.05, 0) is 36.7 Å². The van der Waals surface area contributed by atoms with Gasteiger partial charge in [-0.3, -0.25) is 4.79 Å². The number of hydrogen-bond acceptors (Lipinski definition) is 3. The molecule has 1 aromatic heterocycles. The number of amides is 1. The Kier molecular flexibility index (Phi) is 5.74. The topological polar surface area (TPSA) is 54.9 Å². The largest absolute Gasteiger partial charge is 0.309 e. The van der Waals surface area contributed by atoms with Gasteiger partial charge in [-0.2, -0.15) is 0 Å². The predicted molar refractivity (Wildman–Crippen MR) is 113 cm³/mol. The van der Waals surface area contributed by atoms with Crippen molar-refractivity contribution in [2.45, 2.75) is 71.6 Å². The third-order valence-corrected chi connectivity index (χ3v) is 6.00. The van der Waals surface area contributed by atoms with E-state index in [0.29, 0.717) is 24.1 Å². The second kappa shape index (κ2) is 8.42. The second-order valence-corrected chi connectivity index (χ2v) is 8.83. The van der Waals surface area contributed by atoms with Crippen LogP contribution in [-0.4, -0.2) is 15.9 Å². The molecular formula is C24H31N3O. The number of fused-ring (bicyclic) bond motifs is 3. The normalized spacial score (nSPS) is 16.5. The Morgan fingerprint density at radius 3 is 2.68 bits per heavy atom. The van der Waals surface area contributed by atoms with E-state index < -0.39 is 0 Å². The van der Waals surface area contributed by atoms with Gasteiger partial charge in [0.05, 0.1) is 17.1 Å². The van der Waals surface area contributed by atoms with E-state index in [9.17, 15) is 4.79 Å². The van der Waals surface area contributed by atoms with E-state index in [-0.39, 0.29) is 5.91 Å². The highest BCUT2D eigenvalue weighted by atomic mass is 16.1. The van der Waals surface area contributed by atoms with Crippen LogP contribution in [0, 0.1) is 11.8 Å². The molecule has 148 valence electrons. The van der Waals surface area contributed by atoms with E-state index in [1.165, 1.54) is 43.2 Å². The number of anilines is 1. The average molecular weight is 378 g/mol. The molecule has 0 bridgehead atoms. The number of benzene rings is 1. The van der Waals surface area contributed by atoms with E-state index in [4.69, 9.17) is 9.97 Å². The van der Waals surface area contributed by atoms with Crippen LogP contribution in [0.4, 0.5) is 5.82 Å². The summed E-state index contributed by atoms with van der Waals surface area (Å²) in [6.07, 6.45) is 9.78. The van der Waals surface area contributed by atoms with Gasteiger partial charge in [0.2, 0.25) is 5.91 Å². The molecule has 4 rings (SSSR count). The Morgan fingerprint density at radius 1 is 1.11 bits per heavy atom. The Hall–Kier alpha value is -2.23. The van der Waals surface area contributed by atoms with Crippen LogP contribution in [0.25, 0.3) is 11.3 Å². The van der Waals surface area contributed by atoms with Gasteiger partial charge in [0.1, 0.15) is 0 Å². The van der Waals surface area contributed by atoms with Crippen molar-refractivity contribution < 1.29 is 4.79 Å². The second-order valence-electron chi connectivity index (χ2n) is 8.83.